The predicted octanol–water partition coefficient (Wildman–Crippen LogP) is 1.71. The van der Waals surface area contributed by atoms with E-state index in [1.165, 1.54) is 24.1 Å². The van der Waals surface area contributed by atoms with Crippen LogP contribution in [0, 0.1) is 11.6 Å². The van der Waals surface area contributed by atoms with Crippen molar-refractivity contribution < 1.29 is 18.4 Å². The van der Waals surface area contributed by atoms with Crippen molar-refractivity contribution in [2.45, 2.75) is 12.5 Å². The van der Waals surface area contributed by atoms with E-state index in [4.69, 9.17) is 11.5 Å². The molecule has 0 fully saturated rings. The van der Waals surface area contributed by atoms with Crippen LogP contribution in [0.25, 0.3) is 0 Å². The zero-order valence-corrected chi connectivity index (χ0v) is 14.5. The van der Waals surface area contributed by atoms with Gasteiger partial charge in [-0.05, 0) is 48.4 Å². The molecule has 0 aliphatic carbocycles. The van der Waals surface area contributed by atoms with E-state index in [-0.39, 0.29) is 19.9 Å². The summed E-state index contributed by atoms with van der Waals surface area (Å²) in [5.41, 5.74) is 12.1. The third-order valence-corrected chi connectivity index (χ3v) is 3.56. The Hall–Kier alpha value is -2.45. The molecule has 0 aromatic heterocycles. The molecule has 0 heterocycles. The predicted molar refractivity (Wildman–Crippen MR) is 96.8 cm³/mol. The number of amides is 2. The van der Waals surface area contributed by atoms with Gasteiger partial charge in [-0.25, -0.2) is 8.78 Å². The first kappa shape index (κ1) is 20.6. The van der Waals surface area contributed by atoms with E-state index in [1.807, 2.05) is 0 Å². The molecule has 1 atom stereocenters. The van der Waals surface area contributed by atoms with Gasteiger partial charge in [0.05, 0.1) is 6.04 Å². The molecule has 4 N–H and O–H groups in total. The van der Waals surface area contributed by atoms with Gasteiger partial charge in [-0.3, -0.25) is 9.59 Å². The third-order valence-electron chi connectivity index (χ3n) is 3.56. The fourth-order valence-electron chi connectivity index (χ4n) is 2.30. The maximum absolute atomic E-state index is 13.2. The zero-order chi connectivity index (χ0) is 17.9. The minimum absolute atomic E-state index is 0. The van der Waals surface area contributed by atoms with Crippen LogP contribution in [0.1, 0.15) is 15.9 Å². The second-order valence-electron chi connectivity index (χ2n) is 5.40. The molecule has 0 unspecified atom stereocenters. The standard InChI is InChI=1S/C17H17F2N3O2.H2S/c1-22(14-4-2-11(3-5-14)16(21)23)17(24)15(20)8-10-6-12(18)9-13(19)7-10;/h2-7,9,15H,8,20H2,1H3,(H2,21,23);1H2/t15-;/m0./s1. The van der Waals surface area contributed by atoms with Crippen molar-refractivity contribution in [1.29, 1.82) is 0 Å². The molecule has 134 valence electrons. The van der Waals surface area contributed by atoms with E-state index in [0.717, 1.165) is 18.2 Å². The van der Waals surface area contributed by atoms with E-state index in [1.54, 1.807) is 12.1 Å². The van der Waals surface area contributed by atoms with E-state index in [0.29, 0.717) is 16.8 Å². The lowest BCUT2D eigenvalue weighted by atomic mass is 10.0. The van der Waals surface area contributed by atoms with Crippen LogP contribution >= 0.6 is 13.5 Å². The molecule has 8 heteroatoms. The van der Waals surface area contributed by atoms with Crippen LogP contribution in [-0.4, -0.2) is 24.9 Å². The molecule has 2 rings (SSSR count). The summed E-state index contributed by atoms with van der Waals surface area (Å²) in [6, 6.07) is 8.18. The number of rotatable bonds is 5. The Balaban J connectivity index is 0.00000312. The Bertz CT molecular complexity index is 749. The van der Waals surface area contributed by atoms with Crippen molar-refractivity contribution >= 4 is 31.0 Å². The highest BCUT2D eigenvalue weighted by Crippen LogP contribution is 2.16. The smallest absolute Gasteiger partial charge is 0.248 e. The topological polar surface area (TPSA) is 89.4 Å². The fraction of sp³-hybridized carbons (Fsp3) is 0.176. The van der Waals surface area contributed by atoms with Gasteiger partial charge in [-0.2, -0.15) is 13.5 Å². The monoisotopic (exact) mass is 367 g/mol. The normalized spacial score (nSPS) is 11.4. The second-order valence-corrected chi connectivity index (χ2v) is 5.40. The fourth-order valence-corrected chi connectivity index (χ4v) is 2.30. The SMILES string of the molecule is CN(C(=O)[C@@H](N)Cc1cc(F)cc(F)c1)c1ccc(C(N)=O)cc1.S. The van der Waals surface area contributed by atoms with Crippen LogP contribution in [-0.2, 0) is 11.2 Å². The molecule has 0 saturated carbocycles. The van der Waals surface area contributed by atoms with Crippen molar-refractivity contribution in [2.75, 3.05) is 11.9 Å². The molecule has 25 heavy (non-hydrogen) atoms. The van der Waals surface area contributed by atoms with Gasteiger partial charge < -0.3 is 16.4 Å². The van der Waals surface area contributed by atoms with Gasteiger partial charge in [-0.1, -0.05) is 0 Å². The number of likely N-dealkylation sites (N-methyl/N-ethyl adjacent to an activating group) is 1. The lowest BCUT2D eigenvalue weighted by Crippen LogP contribution is -2.43. The number of carbonyl (C=O) groups is 2. The lowest BCUT2D eigenvalue weighted by Gasteiger charge is -2.21. The summed E-state index contributed by atoms with van der Waals surface area (Å²) in [7, 11) is 1.52. The molecule has 0 bridgehead atoms. The van der Waals surface area contributed by atoms with Crippen LogP contribution in [0.15, 0.2) is 42.5 Å². The van der Waals surface area contributed by atoms with Crippen molar-refractivity contribution in [2.24, 2.45) is 11.5 Å². The minimum Gasteiger partial charge on any atom is -0.366 e. The van der Waals surface area contributed by atoms with Crippen LogP contribution in [0.5, 0.6) is 0 Å². The largest absolute Gasteiger partial charge is 0.366 e. The number of hydrogen-bond acceptors (Lipinski definition) is 3. The summed E-state index contributed by atoms with van der Waals surface area (Å²) in [5, 5.41) is 0. The number of nitrogens with zero attached hydrogens (tertiary/aromatic N) is 1. The average Bonchev–Trinajstić information content (AvgIpc) is 2.52. The second kappa shape index (κ2) is 8.59. The number of nitrogens with two attached hydrogens (primary N) is 2. The Morgan fingerprint density at radius 1 is 1.08 bits per heavy atom. The number of primary amides is 1. The summed E-state index contributed by atoms with van der Waals surface area (Å²) < 4.78 is 26.4. The zero-order valence-electron chi connectivity index (χ0n) is 13.5. The molecule has 0 aliphatic heterocycles. The molecule has 0 spiro atoms. The molecule has 2 aromatic rings. The first-order valence-corrected chi connectivity index (χ1v) is 7.16. The van der Waals surface area contributed by atoms with Gasteiger partial charge in [0.15, 0.2) is 0 Å². The van der Waals surface area contributed by atoms with Crippen LogP contribution in [0.3, 0.4) is 0 Å². The third kappa shape index (κ3) is 5.27. The van der Waals surface area contributed by atoms with Crippen LogP contribution in [0.2, 0.25) is 0 Å². The number of anilines is 1. The highest BCUT2D eigenvalue weighted by molar-refractivity contribution is 7.59. The summed E-state index contributed by atoms with van der Waals surface area (Å²) in [5.74, 6) is -2.44. The molecular weight excluding hydrogens is 348 g/mol. The Morgan fingerprint density at radius 2 is 1.60 bits per heavy atom. The van der Waals surface area contributed by atoms with Crippen molar-refractivity contribution in [3.05, 3.63) is 65.2 Å². The number of hydrogen-bond donors (Lipinski definition) is 2. The average molecular weight is 367 g/mol. The van der Waals surface area contributed by atoms with Crippen molar-refractivity contribution in [3.8, 4) is 0 Å². The maximum atomic E-state index is 13.2. The molecule has 0 radical (unpaired) electrons. The van der Waals surface area contributed by atoms with Gasteiger partial charge in [-0.15, -0.1) is 0 Å². The highest BCUT2D eigenvalue weighted by Gasteiger charge is 2.20. The summed E-state index contributed by atoms with van der Waals surface area (Å²) in [4.78, 5) is 24.7. The highest BCUT2D eigenvalue weighted by atomic mass is 32.1. The summed E-state index contributed by atoms with van der Waals surface area (Å²) in [6.07, 6.45) is -0.00276. The molecule has 5 nitrogen and oxygen atoms in total. The molecule has 0 saturated heterocycles. The molecule has 2 amide bonds. The molecule has 2 aromatic carbocycles. The lowest BCUT2D eigenvalue weighted by molar-refractivity contribution is -0.119. The number of benzene rings is 2. The minimum atomic E-state index is -0.966. The van der Waals surface area contributed by atoms with Crippen LogP contribution < -0.4 is 16.4 Å². The Labute approximate surface area is 151 Å². The molecule has 0 aliphatic rings. The molecular formula is C17H19F2N3O2S. The quantitative estimate of drug-likeness (QED) is 0.843. The van der Waals surface area contributed by atoms with E-state index < -0.39 is 29.5 Å². The number of halogens is 2. The first-order chi connectivity index (χ1) is 11.3. The van der Waals surface area contributed by atoms with Crippen LogP contribution in [0.4, 0.5) is 14.5 Å². The van der Waals surface area contributed by atoms with Crippen molar-refractivity contribution in [1.82, 2.24) is 0 Å². The van der Waals surface area contributed by atoms with E-state index in [2.05, 4.69) is 0 Å². The summed E-state index contributed by atoms with van der Waals surface area (Å²) in [6.45, 7) is 0. The summed E-state index contributed by atoms with van der Waals surface area (Å²) >= 11 is 0. The van der Waals surface area contributed by atoms with E-state index in [9.17, 15) is 18.4 Å². The van der Waals surface area contributed by atoms with Gasteiger partial charge >= 0.3 is 0 Å². The van der Waals surface area contributed by atoms with Gasteiger partial charge in [0.1, 0.15) is 11.6 Å². The maximum Gasteiger partial charge on any atom is 0.248 e. The Kier molecular flexibility index (Phi) is 7.08. The van der Waals surface area contributed by atoms with Gasteiger partial charge in [0.25, 0.3) is 0 Å². The number of carbonyl (C=O) groups excluding carboxylic acids is 2. The Morgan fingerprint density at radius 3 is 2.08 bits per heavy atom. The van der Waals surface area contributed by atoms with Crippen molar-refractivity contribution in [3.63, 3.8) is 0 Å². The first-order valence-electron chi connectivity index (χ1n) is 7.16. The van der Waals surface area contributed by atoms with Gasteiger partial charge in [0.2, 0.25) is 11.8 Å². The van der Waals surface area contributed by atoms with Gasteiger partial charge in [0, 0.05) is 24.4 Å². The van der Waals surface area contributed by atoms with E-state index >= 15 is 0 Å².